The normalized spacial score (nSPS) is 11.1. The van der Waals surface area contributed by atoms with Gasteiger partial charge in [-0.2, -0.15) is 0 Å². The van der Waals surface area contributed by atoms with Crippen LogP contribution in [0.15, 0.2) is 71.9 Å². The number of thioether (sulfide) groups is 1. The van der Waals surface area contributed by atoms with Gasteiger partial charge in [0.15, 0.2) is 5.82 Å². The molecule has 0 aliphatic heterocycles. The maximum atomic E-state index is 12.8. The highest BCUT2D eigenvalue weighted by Gasteiger charge is 2.14. The molecule has 5 nitrogen and oxygen atoms in total. The van der Waals surface area contributed by atoms with E-state index in [2.05, 4.69) is 20.3 Å². The van der Waals surface area contributed by atoms with Crippen molar-refractivity contribution < 1.29 is 13.6 Å². The van der Waals surface area contributed by atoms with Gasteiger partial charge in [0, 0.05) is 34.3 Å². The smallest absolute Gasteiger partial charge is 0.295 e. The largest absolute Gasteiger partial charge is 0.337 e. The van der Waals surface area contributed by atoms with Crippen molar-refractivity contribution in [2.24, 2.45) is 0 Å². The number of hydrogen-bond acceptors (Lipinski definition) is 4. The molecule has 4 aromatic rings. The van der Waals surface area contributed by atoms with Crippen molar-refractivity contribution >= 4 is 34.4 Å². The monoisotopic (exact) mass is 410 g/mol. The Morgan fingerprint density at radius 2 is 1.97 bits per heavy atom. The molecule has 0 aliphatic carbocycles. The van der Waals surface area contributed by atoms with Crippen LogP contribution in [0, 0.1) is 0 Å². The lowest BCUT2D eigenvalue weighted by molar-refractivity contribution is 0.102. The molecule has 2 aromatic heterocycles. The summed E-state index contributed by atoms with van der Waals surface area (Å²) in [7, 11) is 0. The number of halogens is 2. The van der Waals surface area contributed by atoms with Crippen molar-refractivity contribution in [3.05, 3.63) is 83.9 Å². The standard InChI is InChI=1S/C21H16F2N4OS/c22-19(23)20-26-17-8-3-14(10-18(17)27-20)21(28)25-15-4-6-16(7-5-15)29-12-13-2-1-9-24-11-13/h1-11,19H,12H2,(H,25,28)(H,26,27). The molecule has 0 atom stereocenters. The van der Waals surface area contributed by atoms with Crippen LogP contribution in [0.4, 0.5) is 14.5 Å². The first kappa shape index (κ1) is 19.1. The molecule has 4 rings (SSSR count). The number of fused-ring (bicyclic) bond motifs is 1. The van der Waals surface area contributed by atoms with Gasteiger partial charge in [0.05, 0.1) is 11.0 Å². The zero-order valence-electron chi connectivity index (χ0n) is 15.1. The third-order valence-electron chi connectivity index (χ3n) is 4.21. The van der Waals surface area contributed by atoms with E-state index in [1.807, 2.05) is 42.6 Å². The first-order valence-electron chi connectivity index (χ1n) is 8.79. The van der Waals surface area contributed by atoms with E-state index in [0.717, 1.165) is 16.2 Å². The quantitative estimate of drug-likeness (QED) is 0.415. The Kier molecular flexibility index (Phi) is 5.53. The number of benzene rings is 2. The number of nitrogens with zero attached hydrogens (tertiary/aromatic N) is 2. The number of nitrogens with one attached hydrogen (secondary N) is 2. The third-order valence-corrected chi connectivity index (χ3v) is 5.29. The fourth-order valence-electron chi connectivity index (χ4n) is 2.76. The van der Waals surface area contributed by atoms with Crippen molar-refractivity contribution in [3.63, 3.8) is 0 Å². The lowest BCUT2D eigenvalue weighted by Gasteiger charge is -2.07. The van der Waals surface area contributed by atoms with Crippen LogP contribution in [-0.2, 0) is 5.75 Å². The zero-order valence-corrected chi connectivity index (χ0v) is 15.9. The van der Waals surface area contributed by atoms with Gasteiger partial charge >= 0.3 is 0 Å². The van der Waals surface area contributed by atoms with Crippen molar-refractivity contribution in [1.82, 2.24) is 15.0 Å². The number of pyridine rings is 1. The summed E-state index contributed by atoms with van der Waals surface area (Å²) >= 11 is 1.68. The molecule has 1 amide bonds. The van der Waals surface area contributed by atoms with E-state index in [1.54, 1.807) is 30.1 Å². The Balaban J connectivity index is 1.40. The molecule has 0 bridgehead atoms. The van der Waals surface area contributed by atoms with Crippen LogP contribution in [0.25, 0.3) is 11.0 Å². The van der Waals surface area contributed by atoms with Gasteiger partial charge in [-0.1, -0.05) is 6.07 Å². The van der Waals surface area contributed by atoms with Gasteiger partial charge in [0.25, 0.3) is 12.3 Å². The summed E-state index contributed by atoms with van der Waals surface area (Å²) in [6, 6.07) is 16.1. The maximum absolute atomic E-state index is 12.8. The van der Waals surface area contributed by atoms with Gasteiger partial charge in [-0.3, -0.25) is 9.78 Å². The number of aromatic amines is 1. The Morgan fingerprint density at radius 1 is 1.14 bits per heavy atom. The van der Waals surface area contributed by atoms with E-state index in [1.165, 1.54) is 6.07 Å². The molecule has 29 heavy (non-hydrogen) atoms. The molecule has 8 heteroatoms. The molecule has 0 saturated heterocycles. The lowest BCUT2D eigenvalue weighted by atomic mass is 10.2. The molecule has 146 valence electrons. The third kappa shape index (κ3) is 4.60. The number of carbonyl (C=O) groups excluding carboxylic acids is 1. The van der Waals surface area contributed by atoms with Crippen molar-refractivity contribution in [1.29, 1.82) is 0 Å². The summed E-state index contributed by atoms with van der Waals surface area (Å²) in [5.74, 6) is 0.0810. The van der Waals surface area contributed by atoms with Gasteiger partial charge in [-0.05, 0) is 54.1 Å². The summed E-state index contributed by atoms with van der Waals surface area (Å²) in [5, 5.41) is 2.81. The van der Waals surface area contributed by atoms with Crippen LogP contribution in [0.5, 0.6) is 0 Å². The van der Waals surface area contributed by atoms with E-state index in [9.17, 15) is 13.6 Å². The average molecular weight is 410 g/mol. The van der Waals surface area contributed by atoms with E-state index in [0.29, 0.717) is 22.3 Å². The van der Waals surface area contributed by atoms with Gasteiger partial charge in [0.2, 0.25) is 0 Å². The van der Waals surface area contributed by atoms with Crippen molar-refractivity contribution in [2.45, 2.75) is 17.1 Å². The molecular weight excluding hydrogens is 394 g/mol. The fraction of sp³-hybridized carbons (Fsp3) is 0.0952. The number of anilines is 1. The average Bonchev–Trinajstić information content (AvgIpc) is 3.18. The molecule has 0 fully saturated rings. The van der Waals surface area contributed by atoms with Crippen molar-refractivity contribution in [3.8, 4) is 0 Å². The van der Waals surface area contributed by atoms with Crippen LogP contribution in [0.1, 0.15) is 28.2 Å². The highest BCUT2D eigenvalue weighted by molar-refractivity contribution is 7.98. The van der Waals surface area contributed by atoms with E-state index in [4.69, 9.17) is 0 Å². The lowest BCUT2D eigenvalue weighted by Crippen LogP contribution is -2.11. The molecule has 0 spiro atoms. The van der Waals surface area contributed by atoms with Crippen LogP contribution >= 0.6 is 11.8 Å². The van der Waals surface area contributed by atoms with Crippen LogP contribution < -0.4 is 5.32 Å². The number of hydrogen-bond donors (Lipinski definition) is 2. The number of amides is 1. The minimum Gasteiger partial charge on any atom is -0.337 e. The molecular formula is C21H16F2N4OS. The number of H-pyrrole nitrogens is 1. The molecule has 0 aliphatic rings. The first-order chi connectivity index (χ1) is 14.1. The Bertz CT molecular complexity index is 1130. The van der Waals surface area contributed by atoms with Crippen molar-refractivity contribution in [2.75, 3.05) is 5.32 Å². The molecule has 2 aromatic carbocycles. The zero-order chi connectivity index (χ0) is 20.2. The number of alkyl halides is 2. The number of aromatic nitrogens is 3. The highest BCUT2D eigenvalue weighted by atomic mass is 32.2. The second-order valence-electron chi connectivity index (χ2n) is 6.28. The van der Waals surface area contributed by atoms with Gasteiger partial charge < -0.3 is 10.3 Å². The summed E-state index contributed by atoms with van der Waals surface area (Å²) in [4.78, 5) is 24.0. The van der Waals surface area contributed by atoms with Gasteiger partial charge in [-0.15, -0.1) is 11.8 Å². The van der Waals surface area contributed by atoms with Crippen LogP contribution in [0.2, 0.25) is 0 Å². The Morgan fingerprint density at radius 3 is 2.69 bits per heavy atom. The predicted octanol–water partition coefficient (Wildman–Crippen LogP) is 5.44. The van der Waals surface area contributed by atoms with Gasteiger partial charge in [-0.25, -0.2) is 13.8 Å². The highest BCUT2D eigenvalue weighted by Crippen LogP contribution is 2.25. The Labute approximate surface area is 169 Å². The maximum Gasteiger partial charge on any atom is 0.295 e. The minimum absolute atomic E-state index is 0.323. The molecule has 2 heterocycles. The van der Waals surface area contributed by atoms with Crippen LogP contribution in [0.3, 0.4) is 0 Å². The van der Waals surface area contributed by atoms with E-state index < -0.39 is 12.2 Å². The van der Waals surface area contributed by atoms with Crippen LogP contribution in [-0.4, -0.2) is 20.9 Å². The summed E-state index contributed by atoms with van der Waals surface area (Å²) in [5.41, 5.74) is 2.94. The SMILES string of the molecule is O=C(Nc1ccc(SCc2cccnc2)cc1)c1ccc2nc(C(F)F)[nH]c2c1. The Hall–Kier alpha value is -3.26. The van der Waals surface area contributed by atoms with E-state index >= 15 is 0 Å². The van der Waals surface area contributed by atoms with Gasteiger partial charge in [0.1, 0.15) is 0 Å². The number of carbonyl (C=O) groups is 1. The molecule has 0 saturated carbocycles. The minimum atomic E-state index is -2.69. The summed E-state index contributed by atoms with van der Waals surface area (Å²) < 4.78 is 25.5. The molecule has 2 N–H and O–H groups in total. The van der Waals surface area contributed by atoms with E-state index in [-0.39, 0.29) is 5.91 Å². The second kappa shape index (κ2) is 8.40. The summed E-state index contributed by atoms with van der Waals surface area (Å²) in [6.07, 6.45) is 0.893. The predicted molar refractivity (Wildman–Crippen MR) is 109 cm³/mol. The second-order valence-corrected chi connectivity index (χ2v) is 7.33. The number of imidazole rings is 1. The molecule has 0 radical (unpaired) electrons. The summed E-state index contributed by atoms with van der Waals surface area (Å²) in [6.45, 7) is 0. The molecule has 0 unspecified atom stereocenters. The number of rotatable bonds is 6. The topological polar surface area (TPSA) is 70.7 Å². The first-order valence-corrected chi connectivity index (χ1v) is 9.78. The fourth-order valence-corrected chi connectivity index (χ4v) is 3.59.